The fourth-order valence-electron chi connectivity index (χ4n) is 2.31. The Balaban J connectivity index is 1.77. The molecule has 0 aromatic heterocycles. The molecular formula is C13H21NO7. The Bertz CT molecular complexity index is 379. The van der Waals surface area contributed by atoms with Gasteiger partial charge in [-0.3, -0.25) is 4.79 Å². The van der Waals surface area contributed by atoms with E-state index in [1.807, 2.05) is 12.2 Å². The van der Waals surface area contributed by atoms with Gasteiger partial charge in [-0.15, -0.1) is 0 Å². The zero-order chi connectivity index (χ0) is 15.4. The number of aliphatic hydroxyl groups excluding tert-OH is 4. The number of aliphatic hydroxyl groups is 4. The van der Waals surface area contributed by atoms with Crippen LogP contribution in [0.4, 0.5) is 0 Å². The third kappa shape index (κ3) is 3.79. The summed E-state index contributed by atoms with van der Waals surface area (Å²) in [5.74, 6) is -0.0791. The highest BCUT2D eigenvalue weighted by molar-refractivity contribution is 5.77. The molecule has 1 saturated heterocycles. The Kier molecular flexibility index (Phi) is 5.68. The monoisotopic (exact) mass is 303 g/mol. The van der Waals surface area contributed by atoms with Gasteiger partial charge in [0.1, 0.15) is 24.4 Å². The fraction of sp³-hybridized carbons (Fsp3) is 0.769. The summed E-state index contributed by atoms with van der Waals surface area (Å²) in [5.41, 5.74) is 0. The summed E-state index contributed by atoms with van der Waals surface area (Å²) in [7, 11) is 0. The summed E-state index contributed by atoms with van der Waals surface area (Å²) in [5, 5.41) is 38.0. The van der Waals surface area contributed by atoms with Crippen molar-refractivity contribution in [2.24, 2.45) is 0 Å². The number of hydrogen-bond donors (Lipinski definition) is 4. The van der Waals surface area contributed by atoms with Crippen molar-refractivity contribution in [2.45, 2.75) is 37.1 Å². The van der Waals surface area contributed by atoms with E-state index >= 15 is 0 Å². The lowest BCUT2D eigenvalue weighted by molar-refractivity contribution is -0.300. The lowest BCUT2D eigenvalue weighted by atomic mass is 9.99. The summed E-state index contributed by atoms with van der Waals surface area (Å²) >= 11 is 0. The molecular weight excluding hydrogens is 282 g/mol. The largest absolute Gasteiger partial charge is 0.394 e. The maximum absolute atomic E-state index is 11.8. The van der Waals surface area contributed by atoms with Crippen LogP contribution in [0.1, 0.15) is 6.42 Å². The van der Waals surface area contributed by atoms with Gasteiger partial charge in [0, 0.05) is 13.1 Å². The Hall–Kier alpha value is -1.03. The second-order valence-corrected chi connectivity index (χ2v) is 5.09. The van der Waals surface area contributed by atoms with E-state index in [9.17, 15) is 20.1 Å². The first-order valence-corrected chi connectivity index (χ1v) is 6.89. The molecule has 2 rings (SSSR count). The molecule has 1 fully saturated rings. The predicted octanol–water partition coefficient (Wildman–Crippen LogP) is -2.41. The van der Waals surface area contributed by atoms with Gasteiger partial charge in [0.15, 0.2) is 6.29 Å². The van der Waals surface area contributed by atoms with Crippen LogP contribution in [0.3, 0.4) is 0 Å². The van der Waals surface area contributed by atoms with Crippen LogP contribution < -0.4 is 0 Å². The first-order valence-electron chi connectivity index (χ1n) is 6.89. The first-order chi connectivity index (χ1) is 10.0. The second kappa shape index (κ2) is 7.30. The molecule has 0 bridgehead atoms. The van der Waals surface area contributed by atoms with Gasteiger partial charge >= 0.3 is 0 Å². The molecule has 0 spiro atoms. The van der Waals surface area contributed by atoms with Crippen molar-refractivity contribution in [1.82, 2.24) is 4.90 Å². The molecule has 0 saturated carbocycles. The molecule has 2 heterocycles. The normalized spacial score (nSPS) is 36.2. The van der Waals surface area contributed by atoms with Crippen molar-refractivity contribution in [3.8, 4) is 0 Å². The SMILES string of the molecule is O=C(CCO[C@@H]1O[C@H](CO)[C@@H](O)[C@H](O)[C@H]1O)N1CC=CC1. The first kappa shape index (κ1) is 16.3. The van der Waals surface area contributed by atoms with E-state index in [1.54, 1.807) is 4.90 Å². The number of nitrogens with zero attached hydrogens (tertiary/aromatic N) is 1. The van der Waals surface area contributed by atoms with Gasteiger partial charge in [-0.25, -0.2) is 0 Å². The van der Waals surface area contributed by atoms with Crippen LogP contribution in [0.25, 0.3) is 0 Å². The zero-order valence-electron chi connectivity index (χ0n) is 11.5. The van der Waals surface area contributed by atoms with Crippen LogP contribution in [-0.2, 0) is 14.3 Å². The van der Waals surface area contributed by atoms with E-state index in [1.165, 1.54) is 0 Å². The highest BCUT2D eigenvalue weighted by Gasteiger charge is 2.43. The van der Waals surface area contributed by atoms with Crippen LogP contribution in [0.2, 0.25) is 0 Å². The Morgan fingerprint density at radius 2 is 1.86 bits per heavy atom. The maximum atomic E-state index is 11.8. The van der Waals surface area contributed by atoms with E-state index in [0.29, 0.717) is 13.1 Å². The molecule has 21 heavy (non-hydrogen) atoms. The van der Waals surface area contributed by atoms with E-state index < -0.39 is 37.3 Å². The van der Waals surface area contributed by atoms with E-state index in [-0.39, 0.29) is 18.9 Å². The molecule has 5 atom stereocenters. The fourth-order valence-corrected chi connectivity index (χ4v) is 2.31. The summed E-state index contributed by atoms with van der Waals surface area (Å²) < 4.78 is 10.4. The summed E-state index contributed by atoms with van der Waals surface area (Å²) in [6.07, 6.45) is -2.60. The minimum atomic E-state index is -1.47. The standard InChI is InChI=1S/C13H21NO7/c15-7-8-10(17)11(18)12(19)13(21-8)20-6-3-9(16)14-4-1-2-5-14/h1-2,8,10-13,15,17-19H,3-7H2/t8-,10-,11+,12-,13-/m1/s1. The van der Waals surface area contributed by atoms with E-state index in [2.05, 4.69) is 0 Å². The van der Waals surface area contributed by atoms with Gasteiger partial charge in [0.25, 0.3) is 0 Å². The average Bonchev–Trinajstić information content (AvgIpc) is 3.01. The van der Waals surface area contributed by atoms with Crippen LogP contribution in [0, 0.1) is 0 Å². The van der Waals surface area contributed by atoms with Gasteiger partial charge in [-0.1, -0.05) is 12.2 Å². The zero-order valence-corrected chi connectivity index (χ0v) is 11.5. The molecule has 2 aliphatic rings. The smallest absolute Gasteiger partial charge is 0.225 e. The van der Waals surface area contributed by atoms with Crippen molar-refractivity contribution in [3.05, 3.63) is 12.2 Å². The molecule has 8 nitrogen and oxygen atoms in total. The van der Waals surface area contributed by atoms with Gasteiger partial charge in [-0.05, 0) is 0 Å². The topological polar surface area (TPSA) is 120 Å². The number of hydrogen-bond acceptors (Lipinski definition) is 7. The predicted molar refractivity (Wildman–Crippen MR) is 70.1 cm³/mol. The third-order valence-electron chi connectivity index (χ3n) is 3.62. The highest BCUT2D eigenvalue weighted by Crippen LogP contribution is 2.22. The summed E-state index contributed by atoms with van der Waals surface area (Å²) in [6.45, 7) is 0.666. The third-order valence-corrected chi connectivity index (χ3v) is 3.62. The van der Waals surface area contributed by atoms with Gasteiger partial charge in [0.05, 0.1) is 19.6 Å². The van der Waals surface area contributed by atoms with Crippen LogP contribution in [0.15, 0.2) is 12.2 Å². The maximum Gasteiger partial charge on any atom is 0.225 e. The lowest BCUT2D eigenvalue weighted by Gasteiger charge is -2.39. The number of ether oxygens (including phenoxy) is 2. The highest BCUT2D eigenvalue weighted by atomic mass is 16.7. The molecule has 1 amide bonds. The number of carbonyl (C=O) groups excluding carboxylic acids is 1. The summed E-state index contributed by atoms with van der Waals surface area (Å²) in [6, 6.07) is 0. The van der Waals surface area contributed by atoms with Gasteiger partial charge in [-0.2, -0.15) is 0 Å². The quantitative estimate of drug-likeness (QED) is 0.418. The van der Waals surface area contributed by atoms with E-state index in [4.69, 9.17) is 14.6 Å². The molecule has 2 aliphatic heterocycles. The van der Waals surface area contributed by atoms with Crippen molar-refractivity contribution >= 4 is 5.91 Å². The molecule has 0 aliphatic carbocycles. The van der Waals surface area contributed by atoms with Gasteiger partial charge in [0.2, 0.25) is 5.91 Å². The van der Waals surface area contributed by atoms with Crippen molar-refractivity contribution in [1.29, 1.82) is 0 Å². The van der Waals surface area contributed by atoms with Gasteiger partial charge < -0.3 is 34.8 Å². The Morgan fingerprint density at radius 1 is 1.19 bits per heavy atom. The molecule has 0 aromatic rings. The number of amides is 1. The Labute approximate surface area is 122 Å². The minimum absolute atomic E-state index is 0.0119. The van der Waals surface area contributed by atoms with Crippen molar-refractivity contribution in [3.63, 3.8) is 0 Å². The van der Waals surface area contributed by atoms with Crippen molar-refractivity contribution < 1.29 is 34.7 Å². The minimum Gasteiger partial charge on any atom is -0.394 e. The molecule has 0 radical (unpaired) electrons. The van der Waals surface area contributed by atoms with Crippen LogP contribution >= 0.6 is 0 Å². The molecule has 0 unspecified atom stereocenters. The molecule has 4 N–H and O–H groups in total. The molecule has 0 aromatic carbocycles. The molecule has 120 valence electrons. The molecule has 8 heteroatoms. The van der Waals surface area contributed by atoms with Crippen molar-refractivity contribution in [2.75, 3.05) is 26.3 Å². The van der Waals surface area contributed by atoms with E-state index in [0.717, 1.165) is 0 Å². The van der Waals surface area contributed by atoms with Crippen LogP contribution in [0.5, 0.6) is 0 Å². The summed E-state index contributed by atoms with van der Waals surface area (Å²) in [4.78, 5) is 13.4. The number of rotatable bonds is 5. The van der Waals surface area contributed by atoms with Crippen LogP contribution in [-0.4, -0.2) is 88.2 Å². The second-order valence-electron chi connectivity index (χ2n) is 5.09. The number of carbonyl (C=O) groups is 1. The Morgan fingerprint density at radius 3 is 2.48 bits per heavy atom. The average molecular weight is 303 g/mol. The lowest BCUT2D eigenvalue weighted by Crippen LogP contribution is -2.59.